The van der Waals surface area contributed by atoms with E-state index >= 15 is 0 Å². The Hall–Kier alpha value is -2.19. The fourth-order valence-corrected chi connectivity index (χ4v) is 4.62. The molecule has 1 saturated carbocycles. The zero-order valence-electron chi connectivity index (χ0n) is 13.7. The molecule has 2 aromatic rings. The summed E-state index contributed by atoms with van der Waals surface area (Å²) >= 11 is 7.30. The van der Waals surface area contributed by atoms with Crippen LogP contribution in [0.2, 0.25) is 5.02 Å². The van der Waals surface area contributed by atoms with Crippen LogP contribution in [0.15, 0.2) is 35.6 Å². The van der Waals surface area contributed by atoms with Gasteiger partial charge in [-0.1, -0.05) is 23.4 Å². The van der Waals surface area contributed by atoms with Gasteiger partial charge in [0.15, 0.2) is 5.17 Å². The highest BCUT2D eigenvalue weighted by molar-refractivity contribution is 8.14. The molecule has 1 aliphatic heterocycles. The number of anilines is 1. The van der Waals surface area contributed by atoms with Gasteiger partial charge < -0.3 is 11.1 Å². The van der Waals surface area contributed by atoms with Crippen molar-refractivity contribution in [1.82, 2.24) is 9.97 Å². The van der Waals surface area contributed by atoms with E-state index in [9.17, 15) is 9.18 Å². The highest BCUT2D eigenvalue weighted by atomic mass is 35.5. The van der Waals surface area contributed by atoms with E-state index < -0.39 is 17.4 Å². The molecule has 3 heterocycles. The molecule has 2 aliphatic rings. The number of carbonyl (C=O) groups excluding carboxylic acids is 1. The molecule has 0 spiro atoms. The molecular weight excluding hydrogens is 377 g/mol. The van der Waals surface area contributed by atoms with Crippen molar-refractivity contribution in [3.8, 4) is 0 Å². The lowest BCUT2D eigenvalue weighted by molar-refractivity contribution is 0.102. The standard InChI is InChI=1S/C17H15ClFN5OS/c1-17(10-5-13(10)26-16(20)24-17)11-4-9(7-22-14(11)19)23-15(25)12-3-2-8(18)6-21-12/h2-4,6-7,10,13H,5H2,1H3,(H2,20,24)(H,23,25)/t10?,13?,17-/m0/s1. The second-order valence-electron chi connectivity index (χ2n) is 6.47. The minimum absolute atomic E-state index is 0.199. The minimum Gasteiger partial charge on any atom is -0.379 e. The predicted octanol–water partition coefficient (Wildman–Crippen LogP) is 3.19. The Kier molecular flexibility index (Phi) is 4.11. The smallest absolute Gasteiger partial charge is 0.274 e. The zero-order chi connectivity index (χ0) is 18.5. The van der Waals surface area contributed by atoms with Gasteiger partial charge in [-0.25, -0.2) is 9.97 Å². The Morgan fingerprint density at radius 3 is 2.96 bits per heavy atom. The molecule has 9 heteroatoms. The summed E-state index contributed by atoms with van der Waals surface area (Å²) in [5, 5.41) is 3.92. The second kappa shape index (κ2) is 6.21. The third kappa shape index (κ3) is 3.03. The average Bonchev–Trinajstić information content (AvgIpc) is 3.37. The molecule has 0 bridgehead atoms. The number of nitrogens with two attached hydrogens (primary N) is 1. The fourth-order valence-electron chi connectivity index (χ4n) is 3.22. The van der Waals surface area contributed by atoms with E-state index in [0.717, 1.165) is 6.42 Å². The Balaban J connectivity index is 1.64. The van der Waals surface area contributed by atoms with Crippen molar-refractivity contribution in [1.29, 1.82) is 0 Å². The van der Waals surface area contributed by atoms with Crippen LogP contribution < -0.4 is 11.1 Å². The zero-order valence-corrected chi connectivity index (χ0v) is 15.3. The molecule has 0 saturated heterocycles. The summed E-state index contributed by atoms with van der Waals surface area (Å²) in [5.74, 6) is -0.832. The summed E-state index contributed by atoms with van der Waals surface area (Å²) in [5.41, 5.74) is 6.02. The maximum absolute atomic E-state index is 14.5. The average molecular weight is 392 g/mol. The van der Waals surface area contributed by atoms with E-state index in [-0.39, 0.29) is 11.6 Å². The number of pyridine rings is 2. The van der Waals surface area contributed by atoms with Crippen molar-refractivity contribution < 1.29 is 9.18 Å². The molecular formula is C17H15ClFN5OS. The van der Waals surface area contributed by atoms with E-state index in [1.807, 2.05) is 6.92 Å². The van der Waals surface area contributed by atoms with Crippen LogP contribution >= 0.6 is 23.4 Å². The second-order valence-corrected chi connectivity index (χ2v) is 8.17. The number of fused-ring (bicyclic) bond motifs is 1. The van der Waals surface area contributed by atoms with Gasteiger partial charge in [-0.15, -0.1) is 0 Å². The van der Waals surface area contributed by atoms with Gasteiger partial charge in [-0.2, -0.15) is 4.39 Å². The van der Waals surface area contributed by atoms with E-state index in [1.165, 1.54) is 30.2 Å². The molecule has 2 unspecified atom stereocenters. The van der Waals surface area contributed by atoms with E-state index in [1.54, 1.807) is 12.1 Å². The molecule has 1 aliphatic carbocycles. The summed E-state index contributed by atoms with van der Waals surface area (Å²) in [7, 11) is 0. The van der Waals surface area contributed by atoms with Crippen LogP contribution in [0, 0.1) is 11.9 Å². The molecule has 4 rings (SSSR count). The van der Waals surface area contributed by atoms with Gasteiger partial charge >= 0.3 is 0 Å². The van der Waals surface area contributed by atoms with E-state index in [2.05, 4.69) is 20.3 Å². The first kappa shape index (κ1) is 17.2. The Morgan fingerprint density at radius 2 is 2.23 bits per heavy atom. The number of hydrogen-bond donors (Lipinski definition) is 2. The lowest BCUT2D eigenvalue weighted by Gasteiger charge is -2.30. The number of amidine groups is 1. The SMILES string of the molecule is C[C@]1(c2cc(NC(=O)c3ccc(Cl)cn3)cnc2F)N=C(N)SC2CC21. The van der Waals surface area contributed by atoms with Crippen LogP contribution in [0.25, 0.3) is 0 Å². The summed E-state index contributed by atoms with van der Waals surface area (Å²) in [6.45, 7) is 1.86. The minimum atomic E-state index is -0.781. The number of aromatic nitrogens is 2. The first-order valence-corrected chi connectivity index (χ1v) is 9.23. The van der Waals surface area contributed by atoms with Gasteiger partial charge in [-0.05, 0) is 31.5 Å². The van der Waals surface area contributed by atoms with Crippen molar-refractivity contribution in [2.45, 2.75) is 24.1 Å². The van der Waals surface area contributed by atoms with E-state index in [0.29, 0.717) is 26.7 Å². The highest BCUT2D eigenvalue weighted by Gasteiger charge is 2.55. The predicted molar refractivity (Wildman–Crippen MR) is 99.9 cm³/mol. The maximum Gasteiger partial charge on any atom is 0.274 e. The highest BCUT2D eigenvalue weighted by Crippen LogP contribution is 2.57. The molecule has 6 nitrogen and oxygen atoms in total. The number of halogens is 2. The lowest BCUT2D eigenvalue weighted by atomic mass is 9.88. The van der Waals surface area contributed by atoms with Crippen LogP contribution in [-0.4, -0.2) is 26.3 Å². The van der Waals surface area contributed by atoms with Gasteiger partial charge in [0.25, 0.3) is 5.91 Å². The molecule has 0 aromatic carbocycles. The number of aliphatic imine (C=N–C) groups is 1. The third-order valence-electron chi connectivity index (χ3n) is 4.67. The number of rotatable bonds is 3. The largest absolute Gasteiger partial charge is 0.379 e. The third-order valence-corrected chi connectivity index (χ3v) is 6.05. The van der Waals surface area contributed by atoms with Crippen molar-refractivity contribution in [3.05, 3.63) is 52.8 Å². The Labute approximate surface area is 158 Å². The van der Waals surface area contributed by atoms with Gasteiger partial charge in [0.1, 0.15) is 5.69 Å². The molecule has 3 N–H and O–H groups in total. The first-order valence-electron chi connectivity index (χ1n) is 7.98. The molecule has 3 atom stereocenters. The van der Waals surface area contributed by atoms with Gasteiger partial charge in [0.05, 0.1) is 22.4 Å². The monoisotopic (exact) mass is 391 g/mol. The molecule has 0 radical (unpaired) electrons. The summed E-state index contributed by atoms with van der Waals surface area (Å²) in [4.78, 5) is 24.6. The molecule has 1 fully saturated rings. The first-order chi connectivity index (χ1) is 12.4. The number of nitrogens with zero attached hydrogens (tertiary/aromatic N) is 3. The van der Waals surface area contributed by atoms with Gasteiger partial charge in [-0.3, -0.25) is 9.79 Å². The quantitative estimate of drug-likeness (QED) is 0.784. The normalized spacial score (nSPS) is 26.7. The van der Waals surface area contributed by atoms with Crippen LogP contribution in [0.4, 0.5) is 10.1 Å². The van der Waals surface area contributed by atoms with Crippen LogP contribution in [0.5, 0.6) is 0 Å². The summed E-state index contributed by atoms with van der Waals surface area (Å²) in [6, 6.07) is 4.65. The number of thioether (sulfide) groups is 1. The number of carbonyl (C=O) groups is 1. The molecule has 2 aromatic heterocycles. The molecule has 26 heavy (non-hydrogen) atoms. The number of nitrogens with one attached hydrogen (secondary N) is 1. The van der Waals surface area contributed by atoms with Gasteiger partial charge in [0.2, 0.25) is 5.95 Å². The molecule has 1 amide bonds. The Bertz CT molecular complexity index is 922. The van der Waals surface area contributed by atoms with Crippen LogP contribution in [-0.2, 0) is 5.54 Å². The number of amides is 1. The van der Waals surface area contributed by atoms with Gasteiger partial charge in [0, 0.05) is 22.9 Å². The van der Waals surface area contributed by atoms with Crippen molar-refractivity contribution >= 4 is 40.1 Å². The molecule has 134 valence electrons. The van der Waals surface area contributed by atoms with E-state index in [4.69, 9.17) is 17.3 Å². The van der Waals surface area contributed by atoms with Crippen molar-refractivity contribution in [3.63, 3.8) is 0 Å². The summed E-state index contributed by atoms with van der Waals surface area (Å²) < 4.78 is 14.5. The summed E-state index contributed by atoms with van der Waals surface area (Å²) in [6.07, 6.45) is 3.58. The lowest BCUT2D eigenvalue weighted by Crippen LogP contribution is -2.32. The van der Waals surface area contributed by atoms with Crippen LogP contribution in [0.1, 0.15) is 29.4 Å². The maximum atomic E-state index is 14.5. The van der Waals surface area contributed by atoms with Crippen molar-refractivity contribution in [2.24, 2.45) is 16.6 Å². The van der Waals surface area contributed by atoms with Crippen LogP contribution in [0.3, 0.4) is 0 Å². The van der Waals surface area contributed by atoms with Crippen molar-refractivity contribution in [2.75, 3.05) is 5.32 Å². The topological polar surface area (TPSA) is 93.3 Å². The Morgan fingerprint density at radius 1 is 1.42 bits per heavy atom. The fraction of sp³-hybridized carbons (Fsp3) is 0.294. The number of hydrogen-bond acceptors (Lipinski definition) is 6.